The van der Waals surface area contributed by atoms with Crippen molar-refractivity contribution in [2.24, 2.45) is 0 Å². The molecule has 1 fully saturated rings. The Bertz CT molecular complexity index is 367. The van der Waals surface area contributed by atoms with Gasteiger partial charge < -0.3 is 10.2 Å². The number of likely N-dealkylation sites (N-methyl/N-ethyl adjacent to an activating group) is 1. The molecule has 17 heavy (non-hydrogen) atoms. The van der Waals surface area contributed by atoms with E-state index in [1.54, 1.807) is 11.1 Å². The van der Waals surface area contributed by atoms with E-state index in [9.17, 15) is 0 Å². The number of nitrogens with zero attached hydrogens (tertiary/aromatic N) is 1. The molecule has 0 amide bonds. The van der Waals surface area contributed by atoms with Crippen LogP contribution in [0, 0.1) is 0 Å². The summed E-state index contributed by atoms with van der Waals surface area (Å²) in [5, 5.41) is 3.84. The predicted octanol–water partition coefficient (Wildman–Crippen LogP) is 1.84. The van der Waals surface area contributed by atoms with E-state index < -0.39 is 0 Å². The number of hydrogen-bond donors (Lipinski definition) is 1. The quantitative estimate of drug-likeness (QED) is 0.834. The van der Waals surface area contributed by atoms with Crippen molar-refractivity contribution in [1.29, 1.82) is 0 Å². The molecule has 0 bridgehead atoms. The minimum absolute atomic E-state index is 0.663. The van der Waals surface area contributed by atoms with Crippen LogP contribution in [0.3, 0.4) is 0 Å². The zero-order chi connectivity index (χ0) is 11.8. The second-order valence-corrected chi connectivity index (χ2v) is 5.76. The Morgan fingerprint density at radius 2 is 1.76 bits per heavy atom. The fourth-order valence-corrected chi connectivity index (χ4v) is 3.32. The summed E-state index contributed by atoms with van der Waals surface area (Å²) in [5.41, 5.74) is 3.09. The molecule has 2 atom stereocenters. The molecule has 2 unspecified atom stereocenters. The molecule has 0 saturated carbocycles. The van der Waals surface area contributed by atoms with E-state index in [1.165, 1.54) is 25.8 Å². The van der Waals surface area contributed by atoms with E-state index in [0.29, 0.717) is 12.1 Å². The Labute approximate surface area is 104 Å². The third kappa shape index (κ3) is 2.24. The molecule has 1 saturated heterocycles. The first-order valence-electron chi connectivity index (χ1n) is 6.75. The molecule has 2 nitrogen and oxygen atoms in total. The van der Waals surface area contributed by atoms with Crippen molar-refractivity contribution in [3.05, 3.63) is 35.4 Å². The van der Waals surface area contributed by atoms with Crippen LogP contribution in [-0.4, -0.2) is 36.6 Å². The van der Waals surface area contributed by atoms with Crippen molar-refractivity contribution in [2.75, 3.05) is 13.6 Å². The van der Waals surface area contributed by atoms with Gasteiger partial charge in [-0.1, -0.05) is 24.3 Å². The van der Waals surface area contributed by atoms with Gasteiger partial charge in [-0.2, -0.15) is 0 Å². The van der Waals surface area contributed by atoms with Crippen molar-refractivity contribution >= 4 is 0 Å². The van der Waals surface area contributed by atoms with Crippen molar-refractivity contribution in [3.8, 4) is 0 Å². The summed E-state index contributed by atoms with van der Waals surface area (Å²) >= 11 is 0. The number of fused-ring (bicyclic) bond motifs is 1. The van der Waals surface area contributed by atoms with Crippen LogP contribution in [-0.2, 0) is 12.8 Å². The molecule has 1 aromatic rings. The molecular weight excluding hydrogens is 208 g/mol. The Morgan fingerprint density at radius 3 is 2.29 bits per heavy atom. The van der Waals surface area contributed by atoms with Gasteiger partial charge in [-0.05, 0) is 44.4 Å². The van der Waals surface area contributed by atoms with Gasteiger partial charge in [-0.25, -0.2) is 0 Å². The summed E-state index contributed by atoms with van der Waals surface area (Å²) in [6.07, 6.45) is 3.72. The molecule has 3 rings (SSSR count). The lowest BCUT2D eigenvalue weighted by Crippen LogP contribution is -2.40. The van der Waals surface area contributed by atoms with Gasteiger partial charge in [-0.3, -0.25) is 0 Å². The van der Waals surface area contributed by atoms with Gasteiger partial charge >= 0.3 is 0 Å². The molecule has 92 valence electrons. The van der Waals surface area contributed by atoms with Crippen molar-refractivity contribution in [3.63, 3.8) is 0 Å². The standard InChI is InChI=1S/C15H22N2/c1-11-7-15(10-17(11)2)16-14-8-12-5-3-4-6-13(12)9-14/h3-6,11,14-16H,7-10H2,1-2H3. The van der Waals surface area contributed by atoms with E-state index in [1.807, 2.05) is 0 Å². The number of hydrogen-bond acceptors (Lipinski definition) is 2. The first kappa shape index (κ1) is 11.2. The number of benzene rings is 1. The van der Waals surface area contributed by atoms with E-state index in [0.717, 1.165) is 6.04 Å². The summed E-state index contributed by atoms with van der Waals surface area (Å²) < 4.78 is 0. The van der Waals surface area contributed by atoms with Crippen LogP contribution < -0.4 is 5.32 Å². The van der Waals surface area contributed by atoms with Gasteiger partial charge in [0.1, 0.15) is 0 Å². The van der Waals surface area contributed by atoms with E-state index >= 15 is 0 Å². The van der Waals surface area contributed by atoms with Crippen LogP contribution in [0.1, 0.15) is 24.5 Å². The average molecular weight is 230 g/mol. The third-order valence-corrected chi connectivity index (χ3v) is 4.41. The zero-order valence-corrected chi connectivity index (χ0v) is 10.8. The summed E-state index contributed by atoms with van der Waals surface area (Å²) in [6.45, 7) is 3.53. The molecule has 1 N–H and O–H groups in total. The fraction of sp³-hybridized carbons (Fsp3) is 0.600. The molecule has 1 aliphatic heterocycles. The molecule has 1 heterocycles. The Kier molecular flexibility index (Phi) is 2.93. The van der Waals surface area contributed by atoms with Crippen LogP contribution in [0.5, 0.6) is 0 Å². The minimum Gasteiger partial charge on any atom is -0.309 e. The lowest BCUT2D eigenvalue weighted by molar-refractivity contribution is 0.324. The van der Waals surface area contributed by atoms with Crippen LogP contribution in [0.2, 0.25) is 0 Å². The van der Waals surface area contributed by atoms with Gasteiger partial charge in [0.05, 0.1) is 0 Å². The maximum atomic E-state index is 3.84. The van der Waals surface area contributed by atoms with E-state index in [4.69, 9.17) is 0 Å². The second-order valence-electron chi connectivity index (χ2n) is 5.76. The number of rotatable bonds is 2. The number of nitrogens with one attached hydrogen (secondary N) is 1. The summed E-state index contributed by atoms with van der Waals surface area (Å²) in [4.78, 5) is 2.46. The largest absolute Gasteiger partial charge is 0.309 e. The van der Waals surface area contributed by atoms with Crippen LogP contribution in [0.25, 0.3) is 0 Å². The SMILES string of the molecule is CC1CC(NC2Cc3ccccc3C2)CN1C. The van der Waals surface area contributed by atoms with Gasteiger partial charge in [0.15, 0.2) is 0 Å². The molecule has 1 aromatic carbocycles. The molecule has 2 aliphatic rings. The van der Waals surface area contributed by atoms with Gasteiger partial charge in [0.25, 0.3) is 0 Å². The molecule has 1 aliphatic carbocycles. The summed E-state index contributed by atoms with van der Waals surface area (Å²) in [7, 11) is 2.23. The summed E-state index contributed by atoms with van der Waals surface area (Å²) in [6, 6.07) is 11.0. The zero-order valence-electron chi connectivity index (χ0n) is 10.8. The highest BCUT2D eigenvalue weighted by Crippen LogP contribution is 2.23. The Balaban J connectivity index is 1.59. The fourth-order valence-electron chi connectivity index (χ4n) is 3.32. The molecule has 0 aromatic heterocycles. The molecule has 0 spiro atoms. The molecular formula is C15H22N2. The average Bonchev–Trinajstić information content (AvgIpc) is 2.83. The normalized spacial score (nSPS) is 29.8. The maximum absolute atomic E-state index is 3.84. The maximum Gasteiger partial charge on any atom is 0.0212 e. The lowest BCUT2D eigenvalue weighted by Gasteiger charge is -2.18. The van der Waals surface area contributed by atoms with Gasteiger partial charge in [0.2, 0.25) is 0 Å². The highest BCUT2D eigenvalue weighted by Gasteiger charge is 2.29. The van der Waals surface area contributed by atoms with E-state index in [-0.39, 0.29) is 0 Å². The van der Waals surface area contributed by atoms with Gasteiger partial charge in [0, 0.05) is 24.7 Å². The summed E-state index contributed by atoms with van der Waals surface area (Å²) in [5.74, 6) is 0. The molecule has 2 heteroatoms. The van der Waals surface area contributed by atoms with Crippen LogP contribution >= 0.6 is 0 Å². The van der Waals surface area contributed by atoms with Crippen molar-refractivity contribution in [2.45, 2.75) is 44.3 Å². The highest BCUT2D eigenvalue weighted by molar-refractivity contribution is 5.33. The first-order chi connectivity index (χ1) is 8.22. The van der Waals surface area contributed by atoms with E-state index in [2.05, 4.69) is 48.5 Å². The Hall–Kier alpha value is -0.860. The van der Waals surface area contributed by atoms with Crippen LogP contribution in [0.15, 0.2) is 24.3 Å². The van der Waals surface area contributed by atoms with Crippen molar-refractivity contribution < 1.29 is 0 Å². The van der Waals surface area contributed by atoms with Crippen LogP contribution in [0.4, 0.5) is 0 Å². The minimum atomic E-state index is 0.663. The van der Waals surface area contributed by atoms with Gasteiger partial charge in [-0.15, -0.1) is 0 Å². The monoisotopic (exact) mass is 230 g/mol. The Morgan fingerprint density at radius 1 is 1.12 bits per heavy atom. The third-order valence-electron chi connectivity index (χ3n) is 4.41. The lowest BCUT2D eigenvalue weighted by atomic mass is 10.1. The topological polar surface area (TPSA) is 15.3 Å². The predicted molar refractivity (Wildman–Crippen MR) is 71.3 cm³/mol. The smallest absolute Gasteiger partial charge is 0.0212 e. The number of likely N-dealkylation sites (tertiary alicyclic amines) is 1. The molecule has 0 radical (unpaired) electrons. The second kappa shape index (κ2) is 4.43. The van der Waals surface area contributed by atoms with Crippen molar-refractivity contribution in [1.82, 2.24) is 10.2 Å². The highest BCUT2D eigenvalue weighted by atomic mass is 15.2. The first-order valence-corrected chi connectivity index (χ1v) is 6.75.